The molecule has 1 aliphatic carbocycles. The van der Waals surface area contributed by atoms with Crippen molar-refractivity contribution < 1.29 is 9.90 Å². The van der Waals surface area contributed by atoms with Gasteiger partial charge in [0.15, 0.2) is 5.82 Å². The summed E-state index contributed by atoms with van der Waals surface area (Å²) < 4.78 is 1.68. The van der Waals surface area contributed by atoms with Gasteiger partial charge in [0.1, 0.15) is 0 Å². The highest BCUT2D eigenvalue weighted by Crippen LogP contribution is 2.39. The second kappa shape index (κ2) is 5.04. The lowest BCUT2D eigenvalue weighted by Crippen LogP contribution is -2.34. The molecular weight excluding hydrogens is 232 g/mol. The molecule has 1 saturated carbocycles. The molecule has 0 unspecified atom stereocenters. The van der Waals surface area contributed by atoms with Gasteiger partial charge < -0.3 is 5.11 Å². The highest BCUT2D eigenvalue weighted by molar-refractivity contribution is 5.74. The van der Waals surface area contributed by atoms with Crippen molar-refractivity contribution in [2.75, 3.05) is 0 Å². The van der Waals surface area contributed by atoms with Gasteiger partial charge in [0.05, 0.1) is 12.0 Å². The van der Waals surface area contributed by atoms with Crippen molar-refractivity contribution in [3.05, 3.63) is 5.82 Å². The zero-order chi connectivity index (χ0) is 13.2. The van der Waals surface area contributed by atoms with E-state index in [1.807, 2.05) is 0 Å². The summed E-state index contributed by atoms with van der Waals surface area (Å²) in [4.78, 5) is 11.5. The van der Waals surface area contributed by atoms with Crippen LogP contribution in [0.1, 0.15) is 45.4 Å². The van der Waals surface area contributed by atoms with Gasteiger partial charge in [-0.1, -0.05) is 26.7 Å². The summed E-state index contributed by atoms with van der Waals surface area (Å²) in [7, 11) is 0. The van der Waals surface area contributed by atoms with Crippen LogP contribution in [-0.4, -0.2) is 31.3 Å². The number of aromatic nitrogens is 4. The quantitative estimate of drug-likeness (QED) is 0.859. The fourth-order valence-corrected chi connectivity index (χ4v) is 2.64. The first-order valence-corrected chi connectivity index (χ1v) is 6.52. The molecule has 1 heterocycles. The van der Waals surface area contributed by atoms with Gasteiger partial charge >= 0.3 is 5.97 Å². The van der Waals surface area contributed by atoms with Crippen molar-refractivity contribution >= 4 is 5.97 Å². The minimum atomic E-state index is -0.717. The topological polar surface area (TPSA) is 80.9 Å². The second-order valence-corrected chi connectivity index (χ2v) is 5.64. The number of aliphatic carboxylic acids is 1. The Kier molecular flexibility index (Phi) is 3.63. The second-order valence-electron chi connectivity index (χ2n) is 5.64. The molecule has 1 aromatic rings. The molecule has 6 heteroatoms. The largest absolute Gasteiger partial charge is 0.481 e. The van der Waals surface area contributed by atoms with Crippen LogP contribution in [-0.2, 0) is 17.8 Å². The van der Waals surface area contributed by atoms with E-state index in [2.05, 4.69) is 29.4 Å². The molecule has 0 spiro atoms. The monoisotopic (exact) mass is 252 g/mol. The molecule has 18 heavy (non-hydrogen) atoms. The van der Waals surface area contributed by atoms with Crippen LogP contribution in [0.3, 0.4) is 0 Å². The van der Waals surface area contributed by atoms with E-state index in [1.54, 1.807) is 4.68 Å². The van der Waals surface area contributed by atoms with E-state index < -0.39 is 11.4 Å². The summed E-state index contributed by atoms with van der Waals surface area (Å²) in [5, 5.41) is 21.1. The SMILES string of the molecule is CC(C)Cc1nnnn1CC1(C(=O)O)CCCC1. The Morgan fingerprint density at radius 1 is 1.44 bits per heavy atom. The van der Waals surface area contributed by atoms with E-state index >= 15 is 0 Å². The lowest BCUT2D eigenvalue weighted by Gasteiger charge is -2.23. The van der Waals surface area contributed by atoms with Gasteiger partial charge in [0, 0.05) is 6.42 Å². The molecule has 0 bridgehead atoms. The summed E-state index contributed by atoms with van der Waals surface area (Å²) >= 11 is 0. The summed E-state index contributed by atoms with van der Waals surface area (Å²) in [5.41, 5.74) is -0.666. The third kappa shape index (κ3) is 2.52. The summed E-state index contributed by atoms with van der Waals surface area (Å²) in [6.45, 7) is 4.60. The molecule has 0 amide bonds. The fourth-order valence-electron chi connectivity index (χ4n) is 2.64. The van der Waals surface area contributed by atoms with Gasteiger partial charge in [0.25, 0.3) is 0 Å². The Hall–Kier alpha value is -1.46. The Labute approximate surface area is 106 Å². The normalized spacial score (nSPS) is 18.4. The van der Waals surface area contributed by atoms with Crippen LogP contribution < -0.4 is 0 Å². The highest BCUT2D eigenvalue weighted by Gasteiger charge is 2.42. The van der Waals surface area contributed by atoms with Gasteiger partial charge in [-0.15, -0.1) is 5.10 Å². The van der Waals surface area contributed by atoms with E-state index in [1.165, 1.54) is 0 Å². The predicted octanol–water partition coefficient (Wildman–Crippen LogP) is 1.52. The number of tetrazole rings is 1. The van der Waals surface area contributed by atoms with Crippen LogP contribution in [0.25, 0.3) is 0 Å². The average Bonchev–Trinajstić information content (AvgIpc) is 2.89. The molecule has 0 saturated heterocycles. The molecule has 1 aromatic heterocycles. The number of carboxylic acids is 1. The average molecular weight is 252 g/mol. The van der Waals surface area contributed by atoms with Gasteiger partial charge in [-0.2, -0.15) is 0 Å². The van der Waals surface area contributed by atoms with Crippen LogP contribution in [0.2, 0.25) is 0 Å². The van der Waals surface area contributed by atoms with E-state index in [9.17, 15) is 9.90 Å². The Balaban J connectivity index is 2.17. The van der Waals surface area contributed by atoms with Gasteiger partial charge in [-0.3, -0.25) is 4.79 Å². The third-order valence-electron chi connectivity index (χ3n) is 3.66. The van der Waals surface area contributed by atoms with Crippen molar-refractivity contribution in [2.24, 2.45) is 11.3 Å². The minimum absolute atomic E-state index is 0.400. The van der Waals surface area contributed by atoms with Crippen LogP contribution in [0, 0.1) is 11.3 Å². The van der Waals surface area contributed by atoms with Crippen molar-refractivity contribution in [1.82, 2.24) is 20.2 Å². The van der Waals surface area contributed by atoms with Crippen LogP contribution in [0.5, 0.6) is 0 Å². The zero-order valence-corrected chi connectivity index (χ0v) is 11.0. The summed E-state index contributed by atoms with van der Waals surface area (Å²) in [6.07, 6.45) is 4.19. The maximum atomic E-state index is 11.5. The number of carboxylic acid groups (broad SMARTS) is 1. The maximum absolute atomic E-state index is 11.5. The van der Waals surface area contributed by atoms with Crippen molar-refractivity contribution in [2.45, 2.75) is 52.5 Å². The third-order valence-corrected chi connectivity index (χ3v) is 3.66. The van der Waals surface area contributed by atoms with E-state index in [-0.39, 0.29) is 0 Å². The van der Waals surface area contributed by atoms with Crippen molar-refractivity contribution in [3.8, 4) is 0 Å². The highest BCUT2D eigenvalue weighted by atomic mass is 16.4. The molecule has 1 aliphatic rings. The Bertz CT molecular complexity index is 421. The van der Waals surface area contributed by atoms with Gasteiger partial charge in [0.2, 0.25) is 0 Å². The van der Waals surface area contributed by atoms with Gasteiger partial charge in [-0.05, 0) is 29.2 Å². The number of nitrogens with zero attached hydrogens (tertiary/aromatic N) is 4. The fraction of sp³-hybridized carbons (Fsp3) is 0.833. The maximum Gasteiger partial charge on any atom is 0.311 e. The minimum Gasteiger partial charge on any atom is -0.481 e. The zero-order valence-electron chi connectivity index (χ0n) is 11.0. The van der Waals surface area contributed by atoms with Gasteiger partial charge in [-0.25, -0.2) is 4.68 Å². The van der Waals surface area contributed by atoms with E-state index in [0.29, 0.717) is 12.5 Å². The van der Waals surface area contributed by atoms with E-state index in [4.69, 9.17) is 0 Å². The Morgan fingerprint density at radius 2 is 2.11 bits per heavy atom. The number of hydrogen-bond donors (Lipinski definition) is 1. The molecule has 100 valence electrons. The first-order valence-electron chi connectivity index (χ1n) is 6.52. The first-order chi connectivity index (χ1) is 8.53. The van der Waals surface area contributed by atoms with Crippen LogP contribution >= 0.6 is 0 Å². The smallest absolute Gasteiger partial charge is 0.311 e. The lowest BCUT2D eigenvalue weighted by atomic mass is 9.86. The van der Waals surface area contributed by atoms with Crippen LogP contribution in [0.4, 0.5) is 0 Å². The molecule has 2 rings (SSSR count). The molecule has 0 aromatic carbocycles. The number of rotatable bonds is 5. The molecule has 0 atom stereocenters. The lowest BCUT2D eigenvalue weighted by molar-refractivity contribution is -0.149. The molecule has 1 N–H and O–H groups in total. The Morgan fingerprint density at radius 3 is 2.67 bits per heavy atom. The van der Waals surface area contributed by atoms with Crippen LogP contribution in [0.15, 0.2) is 0 Å². The summed E-state index contributed by atoms with van der Waals surface area (Å²) in [6, 6.07) is 0. The molecule has 0 aliphatic heterocycles. The van der Waals surface area contributed by atoms with Crippen molar-refractivity contribution in [1.29, 1.82) is 0 Å². The van der Waals surface area contributed by atoms with Crippen molar-refractivity contribution in [3.63, 3.8) is 0 Å². The predicted molar refractivity (Wildman–Crippen MR) is 64.9 cm³/mol. The van der Waals surface area contributed by atoms with E-state index in [0.717, 1.165) is 37.9 Å². The number of carbonyl (C=O) groups is 1. The molecular formula is C12H20N4O2. The summed E-state index contributed by atoms with van der Waals surface area (Å²) in [5.74, 6) is 0.530. The number of hydrogen-bond acceptors (Lipinski definition) is 4. The molecule has 0 radical (unpaired) electrons. The first kappa shape index (κ1) is 13.0. The molecule has 1 fully saturated rings. The molecule has 6 nitrogen and oxygen atoms in total. The standard InChI is InChI=1S/C12H20N4O2/c1-9(2)7-10-13-14-15-16(10)8-12(11(17)18)5-3-4-6-12/h9H,3-8H2,1-2H3,(H,17,18).